The van der Waals surface area contributed by atoms with Crippen molar-refractivity contribution in [2.45, 2.75) is 26.3 Å². The van der Waals surface area contributed by atoms with Gasteiger partial charge in [-0.3, -0.25) is 4.68 Å². The third kappa shape index (κ3) is 2.48. The van der Waals surface area contributed by atoms with Gasteiger partial charge in [0.15, 0.2) is 0 Å². The first kappa shape index (κ1) is 10.9. The molecule has 0 amide bonds. The minimum Gasteiger partial charge on any atom is -0.378 e. The molecule has 15 heavy (non-hydrogen) atoms. The van der Waals surface area contributed by atoms with E-state index in [-0.39, 0.29) is 0 Å². The molecule has 0 radical (unpaired) electrons. The second-order valence-corrected chi connectivity index (χ2v) is 6.06. The average Bonchev–Trinajstić information content (AvgIpc) is 2.55. The SMILES string of the molecule is Cn1cc(NC2CSCCC2(C)C)cn1. The summed E-state index contributed by atoms with van der Waals surface area (Å²) in [5, 5.41) is 7.77. The minimum absolute atomic E-state index is 0.390. The van der Waals surface area contributed by atoms with Gasteiger partial charge in [0, 0.05) is 25.0 Å². The van der Waals surface area contributed by atoms with Gasteiger partial charge in [-0.15, -0.1) is 0 Å². The summed E-state index contributed by atoms with van der Waals surface area (Å²) >= 11 is 2.04. The van der Waals surface area contributed by atoms with Crippen LogP contribution in [0.3, 0.4) is 0 Å². The highest BCUT2D eigenvalue weighted by molar-refractivity contribution is 7.99. The van der Waals surface area contributed by atoms with Crippen molar-refractivity contribution in [2.24, 2.45) is 12.5 Å². The predicted molar refractivity (Wildman–Crippen MR) is 66.3 cm³/mol. The van der Waals surface area contributed by atoms with E-state index in [1.165, 1.54) is 17.9 Å². The van der Waals surface area contributed by atoms with Gasteiger partial charge in [-0.1, -0.05) is 13.8 Å². The third-order valence-electron chi connectivity index (χ3n) is 3.16. The van der Waals surface area contributed by atoms with Crippen LogP contribution in [0.2, 0.25) is 0 Å². The van der Waals surface area contributed by atoms with Crippen LogP contribution in [-0.4, -0.2) is 27.3 Å². The molecule has 1 fully saturated rings. The normalized spacial score (nSPS) is 25.1. The maximum atomic E-state index is 4.18. The largest absolute Gasteiger partial charge is 0.378 e. The Bertz CT molecular complexity index is 332. The van der Waals surface area contributed by atoms with E-state index in [0.29, 0.717) is 11.5 Å². The molecule has 0 aliphatic carbocycles. The molecule has 1 saturated heterocycles. The number of thioether (sulfide) groups is 1. The van der Waals surface area contributed by atoms with Crippen molar-refractivity contribution in [1.82, 2.24) is 9.78 Å². The van der Waals surface area contributed by atoms with Gasteiger partial charge in [-0.25, -0.2) is 0 Å². The van der Waals surface area contributed by atoms with Gasteiger partial charge in [0.05, 0.1) is 11.9 Å². The number of hydrogen-bond donors (Lipinski definition) is 1. The number of aromatic nitrogens is 2. The van der Waals surface area contributed by atoms with Crippen LogP contribution in [0.25, 0.3) is 0 Å². The number of rotatable bonds is 2. The first-order chi connectivity index (χ1) is 7.08. The Morgan fingerprint density at radius 3 is 3.00 bits per heavy atom. The Balaban J connectivity index is 2.04. The second kappa shape index (κ2) is 4.08. The molecule has 1 aromatic rings. The molecule has 2 heterocycles. The fourth-order valence-corrected chi connectivity index (χ4v) is 3.48. The predicted octanol–water partition coefficient (Wildman–Crippen LogP) is 2.36. The number of nitrogens with one attached hydrogen (secondary N) is 1. The lowest BCUT2D eigenvalue weighted by Crippen LogP contribution is -2.41. The van der Waals surface area contributed by atoms with Crippen LogP contribution in [0.4, 0.5) is 5.69 Å². The van der Waals surface area contributed by atoms with Gasteiger partial charge in [0.25, 0.3) is 0 Å². The van der Waals surface area contributed by atoms with Crippen molar-refractivity contribution in [2.75, 3.05) is 16.8 Å². The van der Waals surface area contributed by atoms with Gasteiger partial charge < -0.3 is 5.32 Å². The smallest absolute Gasteiger partial charge is 0.0728 e. The second-order valence-electron chi connectivity index (χ2n) is 4.91. The Morgan fingerprint density at radius 2 is 2.40 bits per heavy atom. The number of hydrogen-bond acceptors (Lipinski definition) is 3. The number of anilines is 1. The first-order valence-corrected chi connectivity index (χ1v) is 6.56. The molecule has 0 bridgehead atoms. The molecular weight excluding hydrogens is 206 g/mol. The van der Waals surface area contributed by atoms with E-state index in [0.717, 1.165) is 5.69 Å². The van der Waals surface area contributed by atoms with E-state index in [2.05, 4.69) is 24.3 Å². The van der Waals surface area contributed by atoms with E-state index in [1.807, 2.05) is 35.9 Å². The van der Waals surface area contributed by atoms with Crippen LogP contribution in [0.15, 0.2) is 12.4 Å². The number of nitrogens with zero attached hydrogens (tertiary/aromatic N) is 2. The minimum atomic E-state index is 0.390. The Kier molecular flexibility index (Phi) is 2.96. The quantitative estimate of drug-likeness (QED) is 0.838. The summed E-state index contributed by atoms with van der Waals surface area (Å²) in [7, 11) is 1.95. The molecule has 1 aromatic heterocycles. The highest BCUT2D eigenvalue weighted by atomic mass is 32.2. The molecule has 0 spiro atoms. The fraction of sp³-hybridized carbons (Fsp3) is 0.727. The van der Waals surface area contributed by atoms with E-state index >= 15 is 0 Å². The molecular formula is C11H19N3S. The molecule has 0 saturated carbocycles. The Labute approximate surface area is 95.6 Å². The zero-order valence-electron chi connectivity index (χ0n) is 9.66. The van der Waals surface area contributed by atoms with Crippen molar-refractivity contribution in [1.29, 1.82) is 0 Å². The van der Waals surface area contributed by atoms with E-state index in [1.54, 1.807) is 0 Å². The molecule has 1 atom stereocenters. The molecule has 1 aliphatic rings. The standard InChI is InChI=1S/C11H19N3S/c1-11(2)4-5-15-8-10(11)13-9-6-12-14(3)7-9/h6-7,10,13H,4-5,8H2,1-3H3. The van der Waals surface area contributed by atoms with Crippen molar-refractivity contribution < 1.29 is 0 Å². The van der Waals surface area contributed by atoms with Crippen LogP contribution in [0.5, 0.6) is 0 Å². The fourth-order valence-electron chi connectivity index (χ4n) is 1.87. The van der Waals surface area contributed by atoms with Crippen LogP contribution < -0.4 is 5.32 Å². The van der Waals surface area contributed by atoms with E-state index in [4.69, 9.17) is 0 Å². The van der Waals surface area contributed by atoms with Gasteiger partial charge in [0.2, 0.25) is 0 Å². The van der Waals surface area contributed by atoms with Gasteiger partial charge in [-0.05, 0) is 17.6 Å². The molecule has 1 unspecified atom stereocenters. The van der Waals surface area contributed by atoms with Gasteiger partial charge in [0.1, 0.15) is 0 Å². The van der Waals surface area contributed by atoms with E-state index in [9.17, 15) is 0 Å². The summed E-state index contributed by atoms with van der Waals surface area (Å²) in [6.07, 6.45) is 5.22. The van der Waals surface area contributed by atoms with Crippen molar-refractivity contribution in [3.63, 3.8) is 0 Å². The highest BCUT2D eigenvalue weighted by Crippen LogP contribution is 2.35. The number of aryl methyl sites for hydroxylation is 1. The van der Waals surface area contributed by atoms with Gasteiger partial charge in [-0.2, -0.15) is 16.9 Å². The van der Waals surface area contributed by atoms with E-state index < -0.39 is 0 Å². The zero-order valence-corrected chi connectivity index (χ0v) is 10.5. The monoisotopic (exact) mass is 225 g/mol. The molecule has 1 aliphatic heterocycles. The third-order valence-corrected chi connectivity index (χ3v) is 4.23. The topological polar surface area (TPSA) is 29.9 Å². The summed E-state index contributed by atoms with van der Waals surface area (Å²) in [5.41, 5.74) is 1.53. The van der Waals surface area contributed by atoms with Crippen LogP contribution in [0, 0.1) is 5.41 Å². The summed E-state index contributed by atoms with van der Waals surface area (Å²) in [6, 6.07) is 0.556. The molecule has 0 aromatic carbocycles. The van der Waals surface area contributed by atoms with Crippen molar-refractivity contribution in [3.05, 3.63) is 12.4 Å². The Hall–Kier alpha value is -0.640. The summed E-state index contributed by atoms with van der Waals surface area (Å²) in [6.45, 7) is 4.70. The first-order valence-electron chi connectivity index (χ1n) is 5.41. The zero-order chi connectivity index (χ0) is 10.9. The van der Waals surface area contributed by atoms with Crippen molar-refractivity contribution in [3.8, 4) is 0 Å². The summed E-state index contributed by atoms with van der Waals surface area (Å²) in [5.74, 6) is 2.49. The Morgan fingerprint density at radius 1 is 1.60 bits per heavy atom. The maximum Gasteiger partial charge on any atom is 0.0728 e. The molecule has 3 nitrogen and oxygen atoms in total. The van der Waals surface area contributed by atoms with Crippen LogP contribution in [-0.2, 0) is 7.05 Å². The van der Waals surface area contributed by atoms with Crippen LogP contribution in [0.1, 0.15) is 20.3 Å². The summed E-state index contributed by atoms with van der Waals surface area (Å²) in [4.78, 5) is 0. The highest BCUT2D eigenvalue weighted by Gasteiger charge is 2.32. The molecule has 4 heteroatoms. The average molecular weight is 225 g/mol. The summed E-state index contributed by atoms with van der Waals surface area (Å²) < 4.78 is 1.84. The molecule has 2 rings (SSSR count). The maximum absolute atomic E-state index is 4.18. The van der Waals surface area contributed by atoms with Crippen molar-refractivity contribution >= 4 is 17.4 Å². The molecule has 84 valence electrons. The van der Waals surface area contributed by atoms with Gasteiger partial charge >= 0.3 is 0 Å². The molecule has 1 N–H and O–H groups in total. The lowest BCUT2D eigenvalue weighted by molar-refractivity contribution is 0.305. The lowest BCUT2D eigenvalue weighted by Gasteiger charge is -2.38. The lowest BCUT2D eigenvalue weighted by atomic mass is 9.82. The van der Waals surface area contributed by atoms with Crippen LogP contribution >= 0.6 is 11.8 Å².